The molecule has 0 spiro atoms. The zero-order valence-electron chi connectivity index (χ0n) is 17.5. The van der Waals surface area contributed by atoms with Gasteiger partial charge in [-0.05, 0) is 42.9 Å². The van der Waals surface area contributed by atoms with Crippen molar-refractivity contribution in [3.63, 3.8) is 0 Å². The second-order valence-corrected chi connectivity index (χ2v) is 7.62. The van der Waals surface area contributed by atoms with Gasteiger partial charge in [0.2, 0.25) is 0 Å². The minimum atomic E-state index is 0. The first-order valence-electron chi connectivity index (χ1n) is 10.3. The third-order valence-corrected chi connectivity index (χ3v) is 5.68. The number of benzene rings is 1. The molecule has 0 saturated heterocycles. The Kier molecular flexibility index (Phi) is 9.93. The zero-order chi connectivity index (χ0) is 19.7. The Morgan fingerprint density at radius 2 is 1.90 bits per heavy atom. The molecule has 0 atom stereocenters. The van der Waals surface area contributed by atoms with E-state index in [0.717, 1.165) is 55.3 Å². The van der Waals surface area contributed by atoms with Crippen LogP contribution in [0.25, 0.3) is 10.9 Å². The van der Waals surface area contributed by atoms with Crippen molar-refractivity contribution in [3.8, 4) is 0 Å². The van der Waals surface area contributed by atoms with Crippen molar-refractivity contribution < 1.29 is 4.74 Å². The van der Waals surface area contributed by atoms with E-state index in [4.69, 9.17) is 4.74 Å². The number of anilines is 1. The number of rotatable bonds is 9. The van der Waals surface area contributed by atoms with Gasteiger partial charge in [0.1, 0.15) is 5.82 Å². The summed E-state index contributed by atoms with van der Waals surface area (Å²) in [4.78, 5) is 9.01. The van der Waals surface area contributed by atoms with Crippen LogP contribution < -0.4 is 16.0 Å². The van der Waals surface area contributed by atoms with E-state index in [1.54, 1.807) is 7.11 Å². The average Bonchev–Trinajstić information content (AvgIpc) is 3.21. The van der Waals surface area contributed by atoms with Gasteiger partial charge in [-0.15, -0.1) is 24.0 Å². The molecule has 29 heavy (non-hydrogen) atoms. The van der Waals surface area contributed by atoms with Crippen LogP contribution in [-0.2, 0) is 4.74 Å². The molecule has 1 aliphatic carbocycles. The number of ether oxygens (including phenoxy) is 1. The summed E-state index contributed by atoms with van der Waals surface area (Å²) in [6.07, 6.45) is 6.30. The third-order valence-electron chi connectivity index (χ3n) is 5.68. The van der Waals surface area contributed by atoms with E-state index in [-0.39, 0.29) is 24.0 Å². The van der Waals surface area contributed by atoms with Gasteiger partial charge in [-0.25, -0.2) is 4.98 Å². The third kappa shape index (κ3) is 6.99. The summed E-state index contributed by atoms with van der Waals surface area (Å²) in [5.74, 6) is 1.75. The molecule has 160 valence electrons. The van der Waals surface area contributed by atoms with Gasteiger partial charge in [0.25, 0.3) is 0 Å². The van der Waals surface area contributed by atoms with Gasteiger partial charge in [0.05, 0.1) is 5.52 Å². The van der Waals surface area contributed by atoms with Crippen LogP contribution in [0.4, 0.5) is 5.82 Å². The van der Waals surface area contributed by atoms with Crippen LogP contribution >= 0.6 is 24.0 Å². The molecule has 1 heterocycles. The fourth-order valence-corrected chi connectivity index (χ4v) is 3.99. The first-order chi connectivity index (χ1) is 13.7. The van der Waals surface area contributed by atoms with Crippen molar-refractivity contribution in [3.05, 3.63) is 36.4 Å². The highest BCUT2D eigenvalue weighted by Crippen LogP contribution is 2.40. The van der Waals surface area contributed by atoms with Crippen LogP contribution in [0.1, 0.15) is 32.1 Å². The Labute approximate surface area is 191 Å². The van der Waals surface area contributed by atoms with Crippen molar-refractivity contribution in [2.75, 3.05) is 45.7 Å². The van der Waals surface area contributed by atoms with Gasteiger partial charge in [-0.3, -0.25) is 4.99 Å². The van der Waals surface area contributed by atoms with E-state index < -0.39 is 0 Å². The maximum Gasteiger partial charge on any atom is 0.191 e. The second-order valence-electron chi connectivity index (χ2n) is 7.62. The van der Waals surface area contributed by atoms with Gasteiger partial charge in [-0.2, -0.15) is 0 Å². The molecule has 2 aromatic rings. The molecule has 0 aliphatic heterocycles. The molecular formula is C22H34IN5O. The number of aromatic nitrogens is 1. The Bertz CT molecular complexity index is 777. The lowest BCUT2D eigenvalue weighted by Crippen LogP contribution is -2.44. The quantitative estimate of drug-likeness (QED) is 0.205. The molecule has 0 radical (unpaired) electrons. The fourth-order valence-electron chi connectivity index (χ4n) is 3.99. The number of guanidine groups is 1. The second kappa shape index (κ2) is 12.2. The molecule has 3 N–H and O–H groups in total. The van der Waals surface area contributed by atoms with E-state index in [1.807, 2.05) is 31.3 Å². The molecule has 0 amide bonds. The Morgan fingerprint density at radius 1 is 1.10 bits per heavy atom. The molecular weight excluding hydrogens is 477 g/mol. The van der Waals surface area contributed by atoms with Crippen LogP contribution in [0.15, 0.2) is 41.4 Å². The molecule has 3 rings (SSSR count). The van der Waals surface area contributed by atoms with Crippen molar-refractivity contribution in [2.45, 2.75) is 32.1 Å². The lowest BCUT2D eigenvalue weighted by Gasteiger charge is -2.30. The average molecular weight is 511 g/mol. The van der Waals surface area contributed by atoms with Crippen LogP contribution in [0.5, 0.6) is 0 Å². The predicted molar refractivity (Wildman–Crippen MR) is 132 cm³/mol. The Morgan fingerprint density at radius 3 is 2.66 bits per heavy atom. The highest BCUT2D eigenvalue weighted by Gasteiger charge is 2.33. The highest BCUT2D eigenvalue weighted by atomic mass is 127. The lowest BCUT2D eigenvalue weighted by molar-refractivity contribution is 0.138. The minimum Gasteiger partial charge on any atom is -0.385 e. The predicted octanol–water partition coefficient (Wildman–Crippen LogP) is 4.03. The van der Waals surface area contributed by atoms with Gasteiger partial charge in [0, 0.05) is 45.8 Å². The number of fused-ring (bicyclic) bond motifs is 1. The van der Waals surface area contributed by atoms with E-state index in [1.165, 1.54) is 25.7 Å². The van der Waals surface area contributed by atoms with Gasteiger partial charge >= 0.3 is 0 Å². The first kappa shape index (κ1) is 23.7. The standard InChI is InChI=1S/C22H33N5O.HI/c1-23-21(26-17-22(13-16-28-2)11-5-6-12-22)25-15-14-24-20-10-9-18-7-3-4-8-19(18)27-20;/h3-4,7-10H,5-6,11-17H2,1-2H3,(H,24,27)(H2,23,25,26);1H. The largest absolute Gasteiger partial charge is 0.385 e. The van der Waals surface area contributed by atoms with E-state index >= 15 is 0 Å². The van der Waals surface area contributed by atoms with Gasteiger partial charge < -0.3 is 20.7 Å². The molecule has 7 heteroatoms. The maximum absolute atomic E-state index is 5.32. The molecule has 0 unspecified atom stereocenters. The summed E-state index contributed by atoms with van der Waals surface area (Å²) < 4.78 is 5.32. The zero-order valence-corrected chi connectivity index (χ0v) is 19.9. The number of aliphatic imine (C=N–C) groups is 1. The number of para-hydroxylation sites is 1. The summed E-state index contributed by atoms with van der Waals surface area (Å²) in [5, 5.41) is 11.4. The van der Waals surface area contributed by atoms with E-state index in [2.05, 4.69) is 38.1 Å². The number of halogens is 1. The number of methoxy groups -OCH3 is 1. The van der Waals surface area contributed by atoms with E-state index in [0.29, 0.717) is 5.41 Å². The molecule has 1 aliphatic rings. The number of hydrogen-bond donors (Lipinski definition) is 3. The number of pyridine rings is 1. The summed E-state index contributed by atoms with van der Waals surface area (Å²) in [6, 6.07) is 12.3. The molecule has 1 saturated carbocycles. The van der Waals surface area contributed by atoms with Crippen LogP contribution in [-0.4, -0.2) is 51.3 Å². The smallest absolute Gasteiger partial charge is 0.191 e. The SMILES string of the molecule is CN=C(NCCNc1ccc2ccccc2n1)NCC1(CCOC)CCCC1.I. The molecule has 0 bridgehead atoms. The van der Waals surface area contributed by atoms with Crippen molar-refractivity contribution in [1.82, 2.24) is 15.6 Å². The van der Waals surface area contributed by atoms with Gasteiger partial charge in [-0.1, -0.05) is 31.0 Å². The van der Waals surface area contributed by atoms with Gasteiger partial charge in [0.15, 0.2) is 5.96 Å². The number of nitrogens with zero attached hydrogens (tertiary/aromatic N) is 2. The molecule has 1 fully saturated rings. The Balaban J connectivity index is 0.00000300. The highest BCUT2D eigenvalue weighted by molar-refractivity contribution is 14.0. The lowest BCUT2D eigenvalue weighted by atomic mass is 9.83. The summed E-state index contributed by atoms with van der Waals surface area (Å²) in [7, 11) is 3.61. The first-order valence-corrected chi connectivity index (χ1v) is 10.3. The summed E-state index contributed by atoms with van der Waals surface area (Å²) >= 11 is 0. The maximum atomic E-state index is 5.32. The number of nitrogens with one attached hydrogen (secondary N) is 3. The fraction of sp³-hybridized carbons (Fsp3) is 0.545. The topological polar surface area (TPSA) is 70.6 Å². The molecule has 1 aromatic heterocycles. The number of hydrogen-bond acceptors (Lipinski definition) is 4. The van der Waals surface area contributed by atoms with Crippen LogP contribution in [0, 0.1) is 5.41 Å². The summed E-state index contributed by atoms with van der Waals surface area (Å²) in [6.45, 7) is 3.34. The molecule has 6 nitrogen and oxygen atoms in total. The van der Waals surface area contributed by atoms with Crippen LogP contribution in [0.2, 0.25) is 0 Å². The van der Waals surface area contributed by atoms with Crippen molar-refractivity contribution in [1.29, 1.82) is 0 Å². The van der Waals surface area contributed by atoms with Crippen LogP contribution in [0.3, 0.4) is 0 Å². The Hall–Kier alpha value is -1.61. The summed E-state index contributed by atoms with van der Waals surface area (Å²) in [5.41, 5.74) is 1.36. The van der Waals surface area contributed by atoms with Crippen molar-refractivity contribution >= 4 is 46.7 Å². The monoisotopic (exact) mass is 511 g/mol. The van der Waals surface area contributed by atoms with E-state index in [9.17, 15) is 0 Å². The normalized spacial score (nSPS) is 15.7. The van der Waals surface area contributed by atoms with Crippen molar-refractivity contribution in [2.24, 2.45) is 10.4 Å². The molecule has 1 aromatic carbocycles. The minimum absolute atomic E-state index is 0.